The zero-order valence-corrected chi connectivity index (χ0v) is 4.86. The Balaban J connectivity index is -0.00000000750. The van der Waals surface area contributed by atoms with Gasteiger partial charge in [-0.05, 0) is 0 Å². The molecular formula is CH6BeCaCoCrO3. The van der Waals surface area contributed by atoms with E-state index in [0.717, 1.165) is 0 Å². The van der Waals surface area contributed by atoms with E-state index in [2.05, 4.69) is 0 Å². The van der Waals surface area contributed by atoms with Gasteiger partial charge >= 0.3 is 54.0 Å². The zero-order valence-electron chi connectivity index (χ0n) is 2.54. The molecule has 47 valence electrons. The van der Waals surface area contributed by atoms with E-state index >= 15 is 0 Å². The molecule has 0 aromatic heterocycles. The van der Waals surface area contributed by atoms with Crippen molar-refractivity contribution in [3.8, 4) is 0 Å². The first-order valence-electron chi connectivity index (χ1n) is 0.651. The maximum absolute atomic E-state index is 8.56. The average molecular weight is 226 g/mol. The maximum Gasteiger partial charge on any atom is 0 e. The van der Waals surface area contributed by atoms with Crippen LogP contribution in [0.4, 0.5) is 4.79 Å². The molecule has 0 atom stereocenters. The summed E-state index contributed by atoms with van der Waals surface area (Å²) in [6.45, 7) is 0. The molecule has 0 amide bonds. The zero-order chi connectivity index (χ0) is 3.58. The predicted octanol–water partition coefficient (Wildman–Crippen LogP) is -1.61. The number of hydrogen-bond donors (Lipinski definition) is 2. The number of rotatable bonds is 0. The average Bonchev–Trinajstić information content (AvgIpc) is 0.811. The Bertz CT molecular complexity index is 42.3. The quantitative estimate of drug-likeness (QED) is 0.488. The Kier molecular flexibility index (Phi) is 96.5. The Hall–Kier alpha value is 1.74. The van der Waals surface area contributed by atoms with E-state index in [1.807, 2.05) is 0 Å². The van der Waals surface area contributed by atoms with Crippen molar-refractivity contribution in [2.45, 2.75) is 0 Å². The van der Waals surface area contributed by atoms with Crippen LogP contribution in [-0.4, -0.2) is 64.2 Å². The Morgan fingerprint density at radius 2 is 1.25 bits per heavy atom. The molecule has 1 radical (unpaired) electrons. The van der Waals surface area contributed by atoms with Gasteiger partial charge in [-0.2, -0.15) is 0 Å². The first kappa shape index (κ1) is 33.1. The van der Waals surface area contributed by atoms with Crippen LogP contribution in [0.5, 0.6) is 0 Å². The van der Waals surface area contributed by atoms with E-state index in [-0.39, 0.29) is 82.0 Å². The largest absolute Gasteiger partial charge is 0 e. The summed E-state index contributed by atoms with van der Waals surface area (Å²) in [6.07, 6.45) is -1.83. The van der Waals surface area contributed by atoms with Crippen LogP contribution in [0.3, 0.4) is 0 Å². The fourth-order valence-electron chi connectivity index (χ4n) is 0. The summed E-state index contributed by atoms with van der Waals surface area (Å²) < 4.78 is 0. The molecule has 0 unspecified atom stereocenters. The summed E-state index contributed by atoms with van der Waals surface area (Å²) in [4.78, 5) is 8.56. The van der Waals surface area contributed by atoms with Crippen LogP contribution < -0.4 is 0 Å². The SMILES string of the molecule is O=C(O)O.[BeH2].[CaH2].[Co].[Cr]. The molecule has 0 aliphatic carbocycles. The van der Waals surface area contributed by atoms with Crippen molar-refractivity contribution in [1.29, 1.82) is 0 Å². The third-order valence-corrected chi connectivity index (χ3v) is 0. The fourth-order valence-corrected chi connectivity index (χ4v) is 0. The van der Waals surface area contributed by atoms with E-state index in [1.54, 1.807) is 0 Å². The van der Waals surface area contributed by atoms with Crippen LogP contribution in [0.1, 0.15) is 0 Å². The van der Waals surface area contributed by atoms with Gasteiger partial charge in [0.1, 0.15) is 0 Å². The second-order valence-corrected chi connectivity index (χ2v) is 0.283. The van der Waals surface area contributed by atoms with Gasteiger partial charge in [0, 0.05) is 34.1 Å². The number of carbonyl (C=O) groups is 1. The van der Waals surface area contributed by atoms with Crippen LogP contribution in [-0.2, 0) is 34.1 Å². The fraction of sp³-hybridized carbons (Fsp3) is 0. The monoisotopic (exact) mass is 226 g/mol. The van der Waals surface area contributed by atoms with Crippen molar-refractivity contribution in [3.63, 3.8) is 0 Å². The molecule has 2 N–H and O–H groups in total. The third-order valence-electron chi connectivity index (χ3n) is 0. The minimum atomic E-state index is -1.83. The molecule has 0 spiro atoms. The molecule has 8 heavy (non-hydrogen) atoms. The topological polar surface area (TPSA) is 57.5 Å². The molecule has 0 rings (SSSR count). The van der Waals surface area contributed by atoms with Crippen molar-refractivity contribution in [3.05, 3.63) is 0 Å². The number of hydrogen-bond acceptors (Lipinski definition) is 1. The molecule has 7 heteroatoms. The molecule has 0 aromatic carbocycles. The van der Waals surface area contributed by atoms with E-state index in [4.69, 9.17) is 15.0 Å². The first-order chi connectivity index (χ1) is 1.73. The normalized spacial score (nSPS) is 3.00. The van der Waals surface area contributed by atoms with E-state index in [9.17, 15) is 0 Å². The Labute approximate surface area is 102 Å². The third kappa shape index (κ3) is 116. The summed E-state index contributed by atoms with van der Waals surface area (Å²) in [7, 11) is 0. The van der Waals surface area contributed by atoms with Gasteiger partial charge in [0.15, 0.2) is 0 Å². The van der Waals surface area contributed by atoms with Gasteiger partial charge < -0.3 is 10.2 Å². The van der Waals surface area contributed by atoms with Crippen molar-refractivity contribution >= 4 is 54.0 Å². The van der Waals surface area contributed by atoms with Crippen LogP contribution in [0.15, 0.2) is 0 Å². The second kappa shape index (κ2) is 23.3. The van der Waals surface area contributed by atoms with E-state index in [0.29, 0.717) is 0 Å². The Morgan fingerprint density at radius 3 is 1.25 bits per heavy atom. The van der Waals surface area contributed by atoms with Gasteiger partial charge in [-0.25, -0.2) is 4.79 Å². The van der Waals surface area contributed by atoms with Crippen LogP contribution in [0, 0.1) is 0 Å². The molecular weight excluding hydrogens is 220 g/mol. The molecule has 0 bridgehead atoms. The van der Waals surface area contributed by atoms with Gasteiger partial charge in [0.25, 0.3) is 0 Å². The molecule has 0 saturated heterocycles. The predicted molar refractivity (Wildman–Crippen MR) is 27.7 cm³/mol. The van der Waals surface area contributed by atoms with Crippen LogP contribution in [0.25, 0.3) is 0 Å². The summed E-state index contributed by atoms with van der Waals surface area (Å²) in [6, 6.07) is 0. The van der Waals surface area contributed by atoms with Crippen molar-refractivity contribution < 1.29 is 49.1 Å². The van der Waals surface area contributed by atoms with Gasteiger partial charge in [-0.3, -0.25) is 0 Å². The minimum absolute atomic E-state index is 0. The molecule has 3 nitrogen and oxygen atoms in total. The Morgan fingerprint density at radius 1 is 1.25 bits per heavy atom. The number of carboxylic acid groups (broad SMARTS) is 2. The standard InChI is InChI=1S/CH2O3.Be.Ca.Co.Cr.4H/c2-1(3)4;;;;;;;;/h(H2,2,3,4);;;;;;;;. The van der Waals surface area contributed by atoms with E-state index in [1.165, 1.54) is 0 Å². The molecule has 0 heterocycles. The smallest absolute Gasteiger partial charge is 0 e. The van der Waals surface area contributed by atoms with Crippen molar-refractivity contribution in [2.24, 2.45) is 0 Å². The second-order valence-electron chi connectivity index (χ2n) is 0.283. The molecule has 0 saturated carbocycles. The maximum atomic E-state index is 8.56. The molecule has 0 aliphatic rings. The molecule has 0 aromatic rings. The summed E-state index contributed by atoms with van der Waals surface area (Å²) >= 11 is 0. The first-order valence-corrected chi connectivity index (χ1v) is 0.651. The van der Waals surface area contributed by atoms with Crippen LogP contribution in [0.2, 0.25) is 0 Å². The van der Waals surface area contributed by atoms with Gasteiger partial charge in [0.05, 0.1) is 0 Å². The van der Waals surface area contributed by atoms with Gasteiger partial charge in [-0.15, -0.1) is 0 Å². The van der Waals surface area contributed by atoms with Crippen molar-refractivity contribution in [2.75, 3.05) is 0 Å². The summed E-state index contributed by atoms with van der Waals surface area (Å²) in [5.74, 6) is 0. The summed E-state index contributed by atoms with van der Waals surface area (Å²) in [5.41, 5.74) is 0. The van der Waals surface area contributed by atoms with Crippen LogP contribution >= 0.6 is 0 Å². The minimum Gasteiger partial charge on any atom is 0 e. The van der Waals surface area contributed by atoms with E-state index < -0.39 is 6.16 Å². The van der Waals surface area contributed by atoms with Gasteiger partial charge in [-0.1, -0.05) is 0 Å². The summed E-state index contributed by atoms with van der Waals surface area (Å²) in [5, 5.41) is 13.9. The van der Waals surface area contributed by atoms with Crippen molar-refractivity contribution in [1.82, 2.24) is 0 Å². The van der Waals surface area contributed by atoms with Gasteiger partial charge in [0.2, 0.25) is 0 Å². The molecule has 0 aliphatic heterocycles. The molecule has 0 fully saturated rings.